The van der Waals surface area contributed by atoms with Crippen molar-refractivity contribution in [2.75, 3.05) is 38.5 Å². The number of anilines is 1. The van der Waals surface area contributed by atoms with Gasteiger partial charge >= 0.3 is 0 Å². The third kappa shape index (κ3) is 5.31. The molecular weight excluding hydrogens is 302 g/mol. The highest BCUT2D eigenvalue weighted by Gasteiger charge is 2.22. The Kier molecular flexibility index (Phi) is 6.40. The van der Waals surface area contributed by atoms with Gasteiger partial charge in [0.25, 0.3) is 0 Å². The topological polar surface area (TPSA) is 62.2 Å². The van der Waals surface area contributed by atoms with Crippen LogP contribution in [0.2, 0.25) is 0 Å². The number of piperidine rings is 1. The largest absolute Gasteiger partial charge is 0.320 e. The van der Waals surface area contributed by atoms with Crippen LogP contribution in [0.25, 0.3) is 0 Å². The lowest BCUT2D eigenvalue weighted by Gasteiger charge is -2.31. The number of amides is 1. The first kappa shape index (κ1) is 18.9. The summed E-state index contributed by atoms with van der Waals surface area (Å²) >= 11 is 0. The van der Waals surface area contributed by atoms with Crippen LogP contribution in [0, 0.1) is 5.92 Å². The number of aryl methyl sites for hydroxylation is 1. The second-order valence-electron chi connectivity index (χ2n) is 7.95. The molecule has 2 rings (SSSR count). The second kappa shape index (κ2) is 8.12. The van der Waals surface area contributed by atoms with Gasteiger partial charge in [-0.1, -0.05) is 20.8 Å². The van der Waals surface area contributed by atoms with Gasteiger partial charge in [0, 0.05) is 18.5 Å². The molecule has 1 aromatic rings. The number of carbonyl (C=O) groups excluding carboxylic acids is 1. The molecule has 2 heterocycles. The van der Waals surface area contributed by atoms with Crippen LogP contribution < -0.4 is 10.6 Å². The molecular formula is C18H33N5O. The fourth-order valence-corrected chi connectivity index (χ4v) is 3.12. The van der Waals surface area contributed by atoms with E-state index in [0.29, 0.717) is 6.54 Å². The van der Waals surface area contributed by atoms with Gasteiger partial charge in [0.1, 0.15) is 5.82 Å². The van der Waals surface area contributed by atoms with Crippen molar-refractivity contribution in [3.05, 3.63) is 11.8 Å². The van der Waals surface area contributed by atoms with Gasteiger partial charge in [0.05, 0.1) is 12.2 Å². The molecule has 0 unspecified atom stereocenters. The maximum absolute atomic E-state index is 12.3. The van der Waals surface area contributed by atoms with Crippen molar-refractivity contribution in [1.29, 1.82) is 0 Å². The Balaban J connectivity index is 1.81. The van der Waals surface area contributed by atoms with Gasteiger partial charge in [0.15, 0.2) is 0 Å². The van der Waals surface area contributed by atoms with E-state index in [-0.39, 0.29) is 11.3 Å². The molecule has 0 radical (unpaired) electrons. The molecule has 6 heteroatoms. The smallest absolute Gasteiger partial charge is 0.239 e. The lowest BCUT2D eigenvalue weighted by Crippen LogP contribution is -2.39. The molecule has 1 aromatic heterocycles. The zero-order valence-corrected chi connectivity index (χ0v) is 15.9. The summed E-state index contributed by atoms with van der Waals surface area (Å²) in [5, 5.41) is 10.7. The molecule has 1 aliphatic rings. The van der Waals surface area contributed by atoms with E-state index in [1.165, 1.54) is 19.3 Å². The van der Waals surface area contributed by atoms with Gasteiger partial charge in [-0.2, -0.15) is 5.10 Å². The van der Waals surface area contributed by atoms with Crippen LogP contribution in [-0.4, -0.2) is 53.8 Å². The summed E-state index contributed by atoms with van der Waals surface area (Å²) in [6.07, 6.45) is 3.62. The van der Waals surface area contributed by atoms with Crippen molar-refractivity contribution in [2.24, 2.45) is 13.0 Å². The maximum Gasteiger partial charge on any atom is 0.239 e. The summed E-state index contributed by atoms with van der Waals surface area (Å²) in [6, 6.07) is 1.97. The highest BCUT2D eigenvalue weighted by Crippen LogP contribution is 2.23. The second-order valence-corrected chi connectivity index (χ2v) is 7.95. The van der Waals surface area contributed by atoms with E-state index in [9.17, 15) is 4.79 Å². The number of carbonyl (C=O) groups is 1. The SMILES string of the molecule is CNCCC1CCN(CC(=O)Nc2cc(C(C)(C)C)nn2C)CC1. The lowest BCUT2D eigenvalue weighted by atomic mass is 9.92. The average Bonchev–Trinajstić information content (AvgIpc) is 2.88. The van der Waals surface area contributed by atoms with E-state index < -0.39 is 0 Å². The normalized spacial score (nSPS) is 17.2. The van der Waals surface area contributed by atoms with E-state index in [1.807, 2.05) is 20.2 Å². The van der Waals surface area contributed by atoms with Crippen LogP contribution in [0.4, 0.5) is 5.82 Å². The predicted octanol–water partition coefficient (Wildman–Crippen LogP) is 1.98. The van der Waals surface area contributed by atoms with Gasteiger partial charge in [-0.15, -0.1) is 0 Å². The third-order valence-electron chi connectivity index (χ3n) is 4.79. The Morgan fingerprint density at radius 1 is 1.33 bits per heavy atom. The van der Waals surface area contributed by atoms with Gasteiger partial charge < -0.3 is 10.6 Å². The molecule has 0 spiro atoms. The first-order valence-corrected chi connectivity index (χ1v) is 9.01. The molecule has 0 bridgehead atoms. The number of nitrogens with one attached hydrogen (secondary N) is 2. The van der Waals surface area contributed by atoms with Gasteiger partial charge in [-0.05, 0) is 51.9 Å². The molecule has 2 N–H and O–H groups in total. The van der Waals surface area contributed by atoms with E-state index in [2.05, 4.69) is 41.4 Å². The number of likely N-dealkylation sites (tertiary alicyclic amines) is 1. The van der Waals surface area contributed by atoms with E-state index >= 15 is 0 Å². The van der Waals surface area contributed by atoms with Crippen molar-refractivity contribution < 1.29 is 4.79 Å². The summed E-state index contributed by atoms with van der Waals surface area (Å²) in [6.45, 7) is 9.95. The molecule has 0 aromatic carbocycles. The van der Waals surface area contributed by atoms with Crippen LogP contribution in [0.15, 0.2) is 6.07 Å². The highest BCUT2D eigenvalue weighted by molar-refractivity contribution is 5.91. The molecule has 1 fully saturated rings. The Morgan fingerprint density at radius 2 is 2.00 bits per heavy atom. The maximum atomic E-state index is 12.3. The Morgan fingerprint density at radius 3 is 2.54 bits per heavy atom. The van der Waals surface area contributed by atoms with Crippen molar-refractivity contribution in [3.63, 3.8) is 0 Å². The van der Waals surface area contributed by atoms with Crippen molar-refractivity contribution in [2.45, 2.75) is 45.4 Å². The van der Waals surface area contributed by atoms with Gasteiger partial charge in [-0.3, -0.25) is 14.4 Å². The Labute approximate surface area is 146 Å². The summed E-state index contributed by atoms with van der Waals surface area (Å²) < 4.78 is 1.75. The number of nitrogens with zero attached hydrogens (tertiary/aromatic N) is 3. The molecule has 24 heavy (non-hydrogen) atoms. The summed E-state index contributed by atoms with van der Waals surface area (Å²) in [5.74, 6) is 1.61. The molecule has 1 aliphatic heterocycles. The number of hydrogen-bond donors (Lipinski definition) is 2. The average molecular weight is 335 g/mol. The minimum absolute atomic E-state index is 0.0179. The standard InChI is InChI=1S/C18H33N5O/c1-18(2,3)15-12-16(22(5)21-15)20-17(24)13-23-10-7-14(8-11-23)6-9-19-4/h12,14,19H,6-11,13H2,1-5H3,(H,20,24). The fraction of sp³-hybridized carbons (Fsp3) is 0.778. The van der Waals surface area contributed by atoms with Crippen molar-refractivity contribution >= 4 is 11.7 Å². The molecule has 136 valence electrons. The fourth-order valence-electron chi connectivity index (χ4n) is 3.12. The minimum Gasteiger partial charge on any atom is -0.320 e. The third-order valence-corrected chi connectivity index (χ3v) is 4.79. The Hall–Kier alpha value is -1.40. The van der Waals surface area contributed by atoms with E-state index in [0.717, 1.165) is 37.1 Å². The highest BCUT2D eigenvalue weighted by atomic mass is 16.2. The summed E-state index contributed by atoms with van der Waals surface area (Å²) in [7, 11) is 3.88. The minimum atomic E-state index is -0.0179. The number of hydrogen-bond acceptors (Lipinski definition) is 4. The van der Waals surface area contributed by atoms with Crippen LogP contribution in [-0.2, 0) is 17.3 Å². The predicted molar refractivity (Wildman–Crippen MR) is 98.2 cm³/mol. The lowest BCUT2D eigenvalue weighted by molar-refractivity contribution is -0.117. The zero-order valence-electron chi connectivity index (χ0n) is 15.9. The monoisotopic (exact) mass is 335 g/mol. The van der Waals surface area contributed by atoms with Crippen LogP contribution in [0.5, 0.6) is 0 Å². The first-order chi connectivity index (χ1) is 11.3. The van der Waals surface area contributed by atoms with E-state index in [1.54, 1.807) is 4.68 Å². The quantitative estimate of drug-likeness (QED) is 0.834. The Bertz CT molecular complexity index is 538. The molecule has 1 saturated heterocycles. The van der Waals surface area contributed by atoms with Crippen LogP contribution >= 0.6 is 0 Å². The van der Waals surface area contributed by atoms with E-state index in [4.69, 9.17) is 0 Å². The molecule has 1 amide bonds. The van der Waals surface area contributed by atoms with Crippen LogP contribution in [0.1, 0.15) is 45.7 Å². The zero-order chi connectivity index (χ0) is 17.7. The first-order valence-electron chi connectivity index (χ1n) is 9.01. The van der Waals surface area contributed by atoms with Crippen LogP contribution in [0.3, 0.4) is 0 Å². The number of rotatable bonds is 6. The molecule has 0 saturated carbocycles. The summed E-state index contributed by atoms with van der Waals surface area (Å²) in [5.41, 5.74) is 0.973. The summed E-state index contributed by atoms with van der Waals surface area (Å²) in [4.78, 5) is 14.6. The van der Waals surface area contributed by atoms with Crippen molar-refractivity contribution in [1.82, 2.24) is 20.0 Å². The van der Waals surface area contributed by atoms with Gasteiger partial charge in [0.2, 0.25) is 5.91 Å². The molecule has 0 aliphatic carbocycles. The molecule has 0 atom stereocenters. The number of aromatic nitrogens is 2. The molecule has 6 nitrogen and oxygen atoms in total. The van der Waals surface area contributed by atoms with Crippen molar-refractivity contribution in [3.8, 4) is 0 Å². The van der Waals surface area contributed by atoms with Gasteiger partial charge in [-0.25, -0.2) is 0 Å².